The van der Waals surface area contributed by atoms with Crippen molar-refractivity contribution in [2.24, 2.45) is 0 Å². The molecular formula is C18H22N2O3. The van der Waals surface area contributed by atoms with Gasteiger partial charge in [0.2, 0.25) is 5.91 Å². The molecule has 0 spiro atoms. The van der Waals surface area contributed by atoms with Crippen LogP contribution in [0, 0.1) is 0 Å². The number of anilines is 1. The van der Waals surface area contributed by atoms with E-state index in [9.17, 15) is 4.79 Å². The SMILES string of the molecule is COc1ccccc1NCC(=O)NC(C)c1ccccc1OC. The molecular weight excluding hydrogens is 292 g/mol. The van der Waals surface area contributed by atoms with Gasteiger partial charge >= 0.3 is 0 Å². The molecule has 0 aromatic heterocycles. The molecule has 122 valence electrons. The number of ether oxygens (including phenoxy) is 2. The number of nitrogens with one attached hydrogen (secondary N) is 2. The first kappa shape index (κ1) is 16.7. The van der Waals surface area contributed by atoms with Gasteiger partial charge in [-0.1, -0.05) is 30.3 Å². The van der Waals surface area contributed by atoms with E-state index >= 15 is 0 Å². The number of amides is 1. The fraction of sp³-hybridized carbons (Fsp3) is 0.278. The highest BCUT2D eigenvalue weighted by molar-refractivity contribution is 5.81. The molecule has 0 bridgehead atoms. The maximum absolute atomic E-state index is 12.1. The topological polar surface area (TPSA) is 59.6 Å². The second kappa shape index (κ2) is 8.08. The average Bonchev–Trinajstić information content (AvgIpc) is 2.60. The molecule has 2 aromatic rings. The van der Waals surface area contributed by atoms with Crippen LogP contribution in [0.25, 0.3) is 0 Å². The summed E-state index contributed by atoms with van der Waals surface area (Å²) in [4.78, 5) is 12.1. The van der Waals surface area contributed by atoms with Gasteiger partial charge in [0.1, 0.15) is 11.5 Å². The standard InChI is InChI=1S/C18H22N2O3/c1-13(14-8-4-6-10-16(14)22-2)20-18(21)12-19-15-9-5-7-11-17(15)23-3/h4-11,13,19H,12H2,1-3H3,(H,20,21). The van der Waals surface area contributed by atoms with Crippen molar-refractivity contribution in [2.45, 2.75) is 13.0 Å². The smallest absolute Gasteiger partial charge is 0.239 e. The van der Waals surface area contributed by atoms with Crippen LogP contribution in [0.2, 0.25) is 0 Å². The Bertz CT molecular complexity index is 658. The highest BCUT2D eigenvalue weighted by Crippen LogP contribution is 2.25. The first-order valence-electron chi connectivity index (χ1n) is 7.45. The van der Waals surface area contributed by atoms with Crippen LogP contribution in [0.15, 0.2) is 48.5 Å². The van der Waals surface area contributed by atoms with Crippen molar-refractivity contribution in [1.82, 2.24) is 5.32 Å². The molecule has 1 amide bonds. The van der Waals surface area contributed by atoms with Gasteiger partial charge in [-0.25, -0.2) is 0 Å². The monoisotopic (exact) mass is 314 g/mol. The molecule has 1 unspecified atom stereocenters. The van der Waals surface area contributed by atoms with Gasteiger partial charge in [-0.2, -0.15) is 0 Å². The number of rotatable bonds is 7. The normalized spacial score (nSPS) is 11.4. The third kappa shape index (κ3) is 4.39. The van der Waals surface area contributed by atoms with Gasteiger partial charge in [0.15, 0.2) is 0 Å². The Balaban J connectivity index is 1.94. The van der Waals surface area contributed by atoms with E-state index in [-0.39, 0.29) is 18.5 Å². The molecule has 5 nitrogen and oxygen atoms in total. The summed E-state index contributed by atoms with van der Waals surface area (Å²) in [6.45, 7) is 2.10. The molecule has 0 fully saturated rings. The Hall–Kier alpha value is -2.69. The van der Waals surface area contributed by atoms with E-state index in [0.717, 1.165) is 17.0 Å². The molecule has 0 aliphatic carbocycles. The van der Waals surface area contributed by atoms with Crippen molar-refractivity contribution in [1.29, 1.82) is 0 Å². The van der Waals surface area contributed by atoms with Crippen molar-refractivity contribution in [3.05, 3.63) is 54.1 Å². The molecule has 23 heavy (non-hydrogen) atoms. The van der Waals surface area contributed by atoms with E-state index in [0.29, 0.717) is 5.75 Å². The van der Waals surface area contributed by atoms with E-state index < -0.39 is 0 Å². The van der Waals surface area contributed by atoms with Crippen molar-refractivity contribution in [3.8, 4) is 11.5 Å². The zero-order valence-corrected chi connectivity index (χ0v) is 13.6. The molecule has 0 saturated carbocycles. The molecule has 5 heteroatoms. The van der Waals surface area contributed by atoms with Crippen LogP contribution in [-0.4, -0.2) is 26.7 Å². The van der Waals surface area contributed by atoms with E-state index in [2.05, 4.69) is 10.6 Å². The predicted octanol–water partition coefficient (Wildman–Crippen LogP) is 2.99. The van der Waals surface area contributed by atoms with E-state index in [4.69, 9.17) is 9.47 Å². The minimum atomic E-state index is -0.141. The van der Waals surface area contributed by atoms with Crippen molar-refractivity contribution >= 4 is 11.6 Å². The summed E-state index contributed by atoms with van der Waals surface area (Å²) in [5.74, 6) is 1.37. The Labute approximate surface area is 136 Å². The van der Waals surface area contributed by atoms with Gasteiger partial charge < -0.3 is 20.1 Å². The number of hydrogen-bond acceptors (Lipinski definition) is 4. The van der Waals surface area contributed by atoms with Crippen LogP contribution in [0.4, 0.5) is 5.69 Å². The van der Waals surface area contributed by atoms with Gasteiger partial charge in [-0.15, -0.1) is 0 Å². The third-order valence-corrected chi connectivity index (χ3v) is 3.53. The zero-order valence-electron chi connectivity index (χ0n) is 13.6. The lowest BCUT2D eigenvalue weighted by molar-refractivity contribution is -0.120. The summed E-state index contributed by atoms with van der Waals surface area (Å²) in [6.07, 6.45) is 0. The highest BCUT2D eigenvalue weighted by atomic mass is 16.5. The molecule has 1 atom stereocenters. The summed E-state index contributed by atoms with van der Waals surface area (Å²) in [5.41, 5.74) is 1.73. The number of carbonyl (C=O) groups is 1. The molecule has 0 heterocycles. The Morgan fingerprint density at radius 3 is 2.30 bits per heavy atom. The average molecular weight is 314 g/mol. The molecule has 0 aliphatic heterocycles. The van der Waals surface area contributed by atoms with Crippen LogP contribution in [0.3, 0.4) is 0 Å². The van der Waals surface area contributed by atoms with Gasteiger partial charge in [-0.05, 0) is 25.1 Å². The summed E-state index contributed by atoms with van der Waals surface area (Å²) < 4.78 is 10.6. The summed E-state index contributed by atoms with van der Waals surface area (Å²) in [6, 6.07) is 15.0. The molecule has 0 aliphatic rings. The summed E-state index contributed by atoms with van der Waals surface area (Å²) >= 11 is 0. The number of para-hydroxylation sites is 3. The van der Waals surface area contributed by atoms with E-state index in [1.807, 2.05) is 55.5 Å². The van der Waals surface area contributed by atoms with Crippen LogP contribution in [-0.2, 0) is 4.79 Å². The number of hydrogen-bond donors (Lipinski definition) is 2. The Kier molecular flexibility index (Phi) is 5.86. The fourth-order valence-electron chi connectivity index (χ4n) is 2.36. The quantitative estimate of drug-likeness (QED) is 0.825. The lowest BCUT2D eigenvalue weighted by Gasteiger charge is -2.18. The van der Waals surface area contributed by atoms with E-state index in [1.165, 1.54) is 0 Å². The lowest BCUT2D eigenvalue weighted by atomic mass is 10.1. The van der Waals surface area contributed by atoms with Crippen LogP contribution in [0.1, 0.15) is 18.5 Å². The van der Waals surface area contributed by atoms with E-state index in [1.54, 1.807) is 14.2 Å². The highest BCUT2D eigenvalue weighted by Gasteiger charge is 2.13. The van der Waals surface area contributed by atoms with Crippen molar-refractivity contribution in [3.63, 3.8) is 0 Å². The van der Waals surface area contributed by atoms with Gasteiger partial charge in [0.25, 0.3) is 0 Å². The van der Waals surface area contributed by atoms with Crippen LogP contribution < -0.4 is 20.1 Å². The molecule has 2 rings (SSSR count). The maximum atomic E-state index is 12.1. The molecule has 2 N–H and O–H groups in total. The largest absolute Gasteiger partial charge is 0.496 e. The minimum absolute atomic E-state index is 0.102. The molecule has 0 saturated heterocycles. The van der Waals surface area contributed by atoms with Gasteiger partial charge in [-0.3, -0.25) is 4.79 Å². The Morgan fingerprint density at radius 1 is 1.00 bits per heavy atom. The third-order valence-electron chi connectivity index (χ3n) is 3.53. The minimum Gasteiger partial charge on any atom is -0.496 e. The summed E-state index contributed by atoms with van der Waals surface area (Å²) in [7, 11) is 3.22. The molecule has 0 radical (unpaired) electrons. The number of carbonyl (C=O) groups excluding carboxylic acids is 1. The zero-order chi connectivity index (χ0) is 16.7. The number of methoxy groups -OCH3 is 2. The first-order valence-corrected chi connectivity index (χ1v) is 7.45. The maximum Gasteiger partial charge on any atom is 0.239 e. The lowest BCUT2D eigenvalue weighted by Crippen LogP contribution is -2.32. The van der Waals surface area contributed by atoms with Gasteiger partial charge in [0, 0.05) is 5.56 Å². The second-order valence-electron chi connectivity index (χ2n) is 5.08. The predicted molar refractivity (Wildman–Crippen MR) is 91.0 cm³/mol. The molecule has 2 aromatic carbocycles. The Morgan fingerprint density at radius 2 is 1.61 bits per heavy atom. The summed E-state index contributed by atoms with van der Waals surface area (Å²) in [5, 5.41) is 6.04. The van der Waals surface area contributed by atoms with Crippen molar-refractivity contribution < 1.29 is 14.3 Å². The fourth-order valence-corrected chi connectivity index (χ4v) is 2.36. The second-order valence-corrected chi connectivity index (χ2v) is 5.08. The van der Waals surface area contributed by atoms with Crippen molar-refractivity contribution in [2.75, 3.05) is 26.1 Å². The van der Waals surface area contributed by atoms with Crippen LogP contribution >= 0.6 is 0 Å². The van der Waals surface area contributed by atoms with Gasteiger partial charge in [0.05, 0.1) is 32.5 Å². The van der Waals surface area contributed by atoms with Crippen LogP contribution in [0.5, 0.6) is 11.5 Å². The first-order chi connectivity index (χ1) is 11.2. The number of benzene rings is 2.